The SMILES string of the molecule is C/C=C\C(=C/CC)C(C)C.C=C/C(CC)=C(/C)C(=C)c1ccccc1C(C)CC.C=Cc1c(C)cc2c(c1C=C)-c1ccc(C)cc1C2(C)C.Cc1ccc(C#N)cc1.Cc1ccccc1. The van der Waals surface area contributed by atoms with Crippen molar-refractivity contribution in [3.8, 4) is 17.2 Å². The largest absolute Gasteiger partial charge is 0.192 e. The summed E-state index contributed by atoms with van der Waals surface area (Å²) >= 11 is 0. The zero-order valence-corrected chi connectivity index (χ0v) is 43.3. The number of hydrogen-bond acceptors (Lipinski definition) is 1. The summed E-state index contributed by atoms with van der Waals surface area (Å²) < 4.78 is 0. The second-order valence-corrected chi connectivity index (χ2v) is 18.0. The highest BCUT2D eigenvalue weighted by Crippen LogP contribution is 2.52. The summed E-state index contributed by atoms with van der Waals surface area (Å²) in [6.45, 7) is 46.8. The molecule has 6 rings (SSSR count). The monoisotopic (exact) mass is 876 g/mol. The predicted molar refractivity (Wildman–Crippen MR) is 296 cm³/mol. The molecule has 0 radical (unpaired) electrons. The van der Waals surface area contributed by atoms with Gasteiger partial charge < -0.3 is 0 Å². The van der Waals surface area contributed by atoms with Gasteiger partial charge in [0, 0.05) is 5.41 Å². The number of benzene rings is 5. The zero-order chi connectivity index (χ0) is 49.6. The molecule has 0 aliphatic heterocycles. The Hall–Kier alpha value is -6.23. The number of nitriles is 1. The van der Waals surface area contributed by atoms with Gasteiger partial charge in [0.05, 0.1) is 11.6 Å². The summed E-state index contributed by atoms with van der Waals surface area (Å²) in [7, 11) is 0. The van der Waals surface area contributed by atoms with Crippen LogP contribution < -0.4 is 0 Å². The standard InChI is InChI=1S/C21H22.C19H26.C10H18.C8H7N.C7H8/c1-7-15-14(4)12-19-20(16(15)8-2)17-10-9-13(3)11-18(17)21(19,5)6;1-7-14(4)18-12-10-11-13-19(18)16(6)15(5)17(8-2)9-3;1-5-7-10(8-6-2)9(3)4;1-7-2-4-8(6-9)5-3-7;1-7-5-3-2-4-6-7/h7-12H,1-2H2,3-6H3;8,10-14H,2,6-7,9H2,1,3-5H3;5,7-9H,6H2,1-4H3;2-5H,1H3;2-6H,1H3/b;17-15+;7-5-,10-8+;;. The summed E-state index contributed by atoms with van der Waals surface area (Å²) in [5, 5.41) is 8.38. The van der Waals surface area contributed by atoms with E-state index < -0.39 is 0 Å². The van der Waals surface area contributed by atoms with Crippen LogP contribution in [0.2, 0.25) is 0 Å². The minimum Gasteiger partial charge on any atom is -0.192 e. The van der Waals surface area contributed by atoms with Crippen LogP contribution in [-0.4, -0.2) is 0 Å². The fourth-order valence-electron chi connectivity index (χ4n) is 8.13. The van der Waals surface area contributed by atoms with Crippen LogP contribution in [0.25, 0.3) is 28.9 Å². The predicted octanol–water partition coefficient (Wildman–Crippen LogP) is 19.4. The van der Waals surface area contributed by atoms with Gasteiger partial charge in [-0.2, -0.15) is 5.26 Å². The molecule has 0 aromatic heterocycles. The maximum Gasteiger partial charge on any atom is 0.0991 e. The van der Waals surface area contributed by atoms with Crippen LogP contribution in [-0.2, 0) is 5.41 Å². The zero-order valence-electron chi connectivity index (χ0n) is 43.3. The normalized spacial score (nSPS) is 12.7. The molecule has 0 N–H and O–H groups in total. The number of rotatable bonds is 11. The molecule has 346 valence electrons. The smallest absolute Gasteiger partial charge is 0.0991 e. The lowest BCUT2D eigenvalue weighted by Crippen LogP contribution is -2.15. The van der Waals surface area contributed by atoms with Crippen LogP contribution in [0.5, 0.6) is 0 Å². The van der Waals surface area contributed by atoms with Crippen molar-refractivity contribution in [1.29, 1.82) is 5.26 Å². The number of aryl methyl sites for hydroxylation is 4. The van der Waals surface area contributed by atoms with E-state index in [1.54, 1.807) is 0 Å². The van der Waals surface area contributed by atoms with Gasteiger partial charge >= 0.3 is 0 Å². The van der Waals surface area contributed by atoms with Gasteiger partial charge in [-0.05, 0) is 157 Å². The van der Waals surface area contributed by atoms with Gasteiger partial charge in [-0.3, -0.25) is 0 Å². The lowest BCUT2D eigenvalue weighted by atomic mass is 9.80. The Morgan fingerprint density at radius 1 is 0.727 bits per heavy atom. The summed E-state index contributed by atoms with van der Waals surface area (Å²) in [5.74, 6) is 1.23. The highest BCUT2D eigenvalue weighted by molar-refractivity contribution is 5.91. The first-order valence-electron chi connectivity index (χ1n) is 23.9. The molecular weight excluding hydrogens is 795 g/mol. The summed E-state index contributed by atoms with van der Waals surface area (Å²) in [6, 6.07) is 37.5. The van der Waals surface area contributed by atoms with Crippen molar-refractivity contribution in [1.82, 2.24) is 0 Å². The average molecular weight is 876 g/mol. The average Bonchev–Trinajstić information content (AvgIpc) is 3.53. The maximum absolute atomic E-state index is 8.38. The van der Waals surface area contributed by atoms with Gasteiger partial charge in [0.2, 0.25) is 0 Å². The molecule has 1 atom stereocenters. The lowest BCUT2D eigenvalue weighted by molar-refractivity contribution is 0.659. The first kappa shape index (κ1) is 55.9. The topological polar surface area (TPSA) is 23.8 Å². The van der Waals surface area contributed by atoms with Gasteiger partial charge in [0.15, 0.2) is 0 Å². The van der Waals surface area contributed by atoms with Gasteiger partial charge in [-0.15, -0.1) is 0 Å². The molecule has 0 saturated heterocycles. The second kappa shape index (κ2) is 28.0. The van der Waals surface area contributed by atoms with Gasteiger partial charge in [-0.25, -0.2) is 0 Å². The Labute approximate surface area is 403 Å². The lowest BCUT2D eigenvalue weighted by Gasteiger charge is -2.23. The number of allylic oxidation sites excluding steroid dienone is 8. The van der Waals surface area contributed by atoms with Crippen LogP contribution in [0.3, 0.4) is 0 Å². The molecule has 1 nitrogen and oxygen atoms in total. The highest BCUT2D eigenvalue weighted by Gasteiger charge is 2.37. The van der Waals surface area contributed by atoms with E-state index in [-0.39, 0.29) is 5.41 Å². The van der Waals surface area contributed by atoms with Crippen LogP contribution >= 0.6 is 0 Å². The number of fused-ring (bicyclic) bond motifs is 3. The van der Waals surface area contributed by atoms with E-state index in [2.05, 4.69) is 201 Å². The molecule has 0 amide bonds. The van der Waals surface area contributed by atoms with Gasteiger partial charge in [0.1, 0.15) is 0 Å². The van der Waals surface area contributed by atoms with Crippen molar-refractivity contribution >= 4 is 17.7 Å². The minimum absolute atomic E-state index is 0.0406. The molecule has 1 aliphatic rings. The van der Waals surface area contributed by atoms with Crippen molar-refractivity contribution in [2.45, 2.75) is 128 Å². The van der Waals surface area contributed by atoms with Crippen molar-refractivity contribution in [3.05, 3.63) is 232 Å². The summed E-state index contributed by atoms with van der Waals surface area (Å²) in [4.78, 5) is 0. The van der Waals surface area contributed by atoms with E-state index >= 15 is 0 Å². The third-order valence-electron chi connectivity index (χ3n) is 12.4. The van der Waals surface area contributed by atoms with E-state index in [0.29, 0.717) is 11.8 Å². The highest BCUT2D eigenvalue weighted by atomic mass is 14.4. The fraction of sp³-hybridized carbons (Fsp3) is 0.308. The van der Waals surface area contributed by atoms with E-state index in [9.17, 15) is 0 Å². The molecule has 1 heteroatoms. The van der Waals surface area contributed by atoms with Crippen molar-refractivity contribution < 1.29 is 0 Å². The Morgan fingerprint density at radius 2 is 1.30 bits per heavy atom. The number of nitrogens with zero attached hydrogens (tertiary/aromatic N) is 1. The second-order valence-electron chi connectivity index (χ2n) is 18.0. The molecule has 0 fully saturated rings. The first-order valence-corrected chi connectivity index (χ1v) is 23.9. The van der Waals surface area contributed by atoms with Crippen LogP contribution in [0, 0.1) is 44.9 Å². The third-order valence-corrected chi connectivity index (χ3v) is 12.4. The molecule has 5 aromatic rings. The molecule has 66 heavy (non-hydrogen) atoms. The van der Waals surface area contributed by atoms with Gasteiger partial charge in [0.25, 0.3) is 0 Å². The quantitative estimate of drug-likeness (QED) is 0.121. The van der Waals surface area contributed by atoms with Crippen molar-refractivity contribution in [2.24, 2.45) is 5.92 Å². The molecule has 5 aromatic carbocycles. The van der Waals surface area contributed by atoms with Crippen LogP contribution in [0.15, 0.2) is 170 Å². The molecule has 0 heterocycles. The molecule has 0 spiro atoms. The molecule has 1 aliphatic carbocycles. The summed E-state index contributed by atoms with van der Waals surface area (Å²) in [6.07, 6.45) is 15.7. The van der Waals surface area contributed by atoms with Crippen LogP contribution in [0.4, 0.5) is 0 Å². The van der Waals surface area contributed by atoms with Gasteiger partial charge in [-0.1, -0.05) is 226 Å². The number of hydrogen-bond donors (Lipinski definition) is 0. The Bertz CT molecular complexity index is 2500. The van der Waals surface area contributed by atoms with E-state index in [4.69, 9.17) is 5.26 Å². The first-order chi connectivity index (χ1) is 31.4. The Kier molecular flexibility index (Phi) is 23.7. The molecular formula is C65H81N. The summed E-state index contributed by atoms with van der Waals surface area (Å²) in [5.41, 5.74) is 21.6. The molecule has 0 bridgehead atoms. The van der Waals surface area contributed by atoms with E-state index in [1.165, 1.54) is 83.5 Å². The Morgan fingerprint density at radius 3 is 1.79 bits per heavy atom. The maximum atomic E-state index is 8.38. The third kappa shape index (κ3) is 15.5. The van der Waals surface area contributed by atoms with Crippen LogP contribution in [0.1, 0.15) is 156 Å². The van der Waals surface area contributed by atoms with Crippen molar-refractivity contribution in [2.75, 3.05) is 0 Å². The fourth-order valence-corrected chi connectivity index (χ4v) is 8.13. The van der Waals surface area contributed by atoms with Crippen molar-refractivity contribution in [3.63, 3.8) is 0 Å². The Balaban J connectivity index is 0.000000302. The molecule has 0 saturated carbocycles. The van der Waals surface area contributed by atoms with E-state index in [0.717, 1.165) is 30.4 Å². The molecule has 1 unspecified atom stereocenters. The van der Waals surface area contributed by atoms with E-state index in [1.807, 2.05) is 67.6 Å². The minimum atomic E-state index is 0.0406.